The van der Waals surface area contributed by atoms with Crippen LogP contribution in [0, 0.1) is 5.82 Å². The van der Waals surface area contributed by atoms with Crippen molar-refractivity contribution >= 4 is 22.7 Å². The van der Waals surface area contributed by atoms with E-state index in [0.29, 0.717) is 58.5 Å². The molecule has 0 saturated heterocycles. The van der Waals surface area contributed by atoms with Crippen LogP contribution in [0.15, 0.2) is 65.1 Å². The van der Waals surface area contributed by atoms with Gasteiger partial charge in [-0.1, -0.05) is 6.07 Å². The van der Waals surface area contributed by atoms with Crippen molar-refractivity contribution in [1.29, 1.82) is 0 Å². The minimum absolute atomic E-state index is 0.309. The van der Waals surface area contributed by atoms with Gasteiger partial charge in [0.1, 0.15) is 22.8 Å². The number of fused-ring (bicyclic) bond motifs is 1. The van der Waals surface area contributed by atoms with E-state index in [1.807, 2.05) is 13.8 Å². The van der Waals surface area contributed by atoms with E-state index in [9.17, 15) is 9.18 Å². The number of amides is 1. The molecule has 1 heterocycles. The highest BCUT2D eigenvalue weighted by atomic mass is 19.1. The van der Waals surface area contributed by atoms with Crippen LogP contribution in [-0.2, 0) is 0 Å². The number of halogens is 1. The maximum absolute atomic E-state index is 13.5. The fraction of sp³-hybridized carbons (Fsp3) is 0.167. The second-order valence-corrected chi connectivity index (χ2v) is 6.73. The smallest absolute Gasteiger partial charge is 0.255 e. The van der Waals surface area contributed by atoms with Crippen LogP contribution in [0.3, 0.4) is 0 Å². The molecular formula is C24H21FN2O4. The van der Waals surface area contributed by atoms with Gasteiger partial charge >= 0.3 is 0 Å². The molecule has 1 amide bonds. The molecular weight excluding hydrogens is 399 g/mol. The zero-order valence-corrected chi connectivity index (χ0v) is 17.1. The first-order valence-electron chi connectivity index (χ1n) is 9.94. The van der Waals surface area contributed by atoms with E-state index in [-0.39, 0.29) is 11.7 Å². The zero-order valence-electron chi connectivity index (χ0n) is 17.1. The average molecular weight is 420 g/mol. The van der Waals surface area contributed by atoms with Gasteiger partial charge in [0.05, 0.1) is 13.2 Å². The van der Waals surface area contributed by atoms with E-state index in [1.54, 1.807) is 48.5 Å². The van der Waals surface area contributed by atoms with E-state index in [2.05, 4.69) is 10.3 Å². The number of hydrogen-bond acceptors (Lipinski definition) is 5. The van der Waals surface area contributed by atoms with Crippen LogP contribution in [0.4, 0.5) is 10.1 Å². The first kappa shape index (κ1) is 20.4. The summed E-state index contributed by atoms with van der Waals surface area (Å²) in [6, 6.07) is 16.2. The molecule has 4 aromatic rings. The highest BCUT2D eigenvalue weighted by molar-refractivity contribution is 6.05. The third-order valence-electron chi connectivity index (χ3n) is 4.48. The summed E-state index contributed by atoms with van der Waals surface area (Å²) in [7, 11) is 0. The number of benzene rings is 3. The highest BCUT2D eigenvalue weighted by Gasteiger charge is 2.13. The van der Waals surface area contributed by atoms with Crippen molar-refractivity contribution in [2.24, 2.45) is 0 Å². The lowest BCUT2D eigenvalue weighted by molar-refractivity contribution is 0.102. The van der Waals surface area contributed by atoms with Crippen molar-refractivity contribution in [1.82, 2.24) is 4.98 Å². The van der Waals surface area contributed by atoms with Gasteiger partial charge in [-0.3, -0.25) is 4.79 Å². The van der Waals surface area contributed by atoms with Crippen molar-refractivity contribution < 1.29 is 23.1 Å². The second-order valence-electron chi connectivity index (χ2n) is 6.73. The predicted octanol–water partition coefficient (Wildman–Crippen LogP) is 5.68. The summed E-state index contributed by atoms with van der Waals surface area (Å²) in [6.07, 6.45) is 0. The molecule has 0 saturated carbocycles. The third-order valence-corrected chi connectivity index (χ3v) is 4.48. The molecule has 0 radical (unpaired) electrons. The Morgan fingerprint density at radius 2 is 1.74 bits per heavy atom. The molecule has 1 aromatic heterocycles. The summed E-state index contributed by atoms with van der Waals surface area (Å²) in [6.45, 7) is 4.71. The summed E-state index contributed by atoms with van der Waals surface area (Å²) in [5.41, 5.74) is 2.59. The second kappa shape index (κ2) is 8.87. The Balaban J connectivity index is 1.59. The lowest BCUT2D eigenvalue weighted by atomic mass is 10.1. The molecule has 0 bridgehead atoms. The first-order chi connectivity index (χ1) is 15.1. The SMILES string of the molecule is CCOc1cc(OCC)cc(C(=O)Nc2ccc3oc(-c4cccc(F)c4)nc3c2)c1. The first-order valence-corrected chi connectivity index (χ1v) is 9.94. The van der Waals surface area contributed by atoms with Gasteiger partial charge in [0.2, 0.25) is 5.89 Å². The molecule has 3 aromatic carbocycles. The minimum atomic E-state index is -0.367. The van der Waals surface area contributed by atoms with Crippen LogP contribution < -0.4 is 14.8 Å². The number of anilines is 1. The molecule has 158 valence electrons. The highest BCUT2D eigenvalue weighted by Crippen LogP contribution is 2.28. The molecule has 4 rings (SSSR count). The summed E-state index contributed by atoms with van der Waals surface area (Å²) < 4.78 is 30.3. The fourth-order valence-electron chi connectivity index (χ4n) is 3.16. The maximum Gasteiger partial charge on any atom is 0.255 e. The molecule has 0 aliphatic heterocycles. The standard InChI is InChI=1S/C24H21FN2O4/c1-3-29-19-11-16(12-20(14-19)30-4-2)23(28)26-18-8-9-22-21(13-18)27-24(31-22)15-6-5-7-17(25)10-15/h5-14H,3-4H2,1-2H3,(H,26,28). The number of oxazole rings is 1. The number of nitrogens with one attached hydrogen (secondary N) is 1. The Hall–Kier alpha value is -3.87. The van der Waals surface area contributed by atoms with Crippen molar-refractivity contribution in [3.63, 3.8) is 0 Å². The summed E-state index contributed by atoms with van der Waals surface area (Å²) >= 11 is 0. The van der Waals surface area contributed by atoms with Crippen LogP contribution in [-0.4, -0.2) is 24.1 Å². The van der Waals surface area contributed by atoms with E-state index in [1.165, 1.54) is 12.1 Å². The lowest BCUT2D eigenvalue weighted by Gasteiger charge is -2.11. The molecule has 0 aliphatic rings. The Morgan fingerprint density at radius 3 is 2.42 bits per heavy atom. The monoisotopic (exact) mass is 420 g/mol. The van der Waals surface area contributed by atoms with Crippen LogP contribution >= 0.6 is 0 Å². The van der Waals surface area contributed by atoms with Crippen LogP contribution in [0.2, 0.25) is 0 Å². The topological polar surface area (TPSA) is 73.6 Å². The van der Waals surface area contributed by atoms with Crippen molar-refractivity contribution in [2.45, 2.75) is 13.8 Å². The molecule has 6 nitrogen and oxygen atoms in total. The number of rotatable bonds is 7. The number of aromatic nitrogens is 1. The van der Waals surface area contributed by atoms with E-state index in [4.69, 9.17) is 13.9 Å². The quantitative estimate of drug-likeness (QED) is 0.416. The van der Waals surface area contributed by atoms with Crippen LogP contribution in [0.1, 0.15) is 24.2 Å². The van der Waals surface area contributed by atoms with Crippen molar-refractivity contribution in [3.8, 4) is 23.0 Å². The van der Waals surface area contributed by atoms with Gasteiger partial charge in [-0.05, 0) is 62.4 Å². The molecule has 0 atom stereocenters. The number of ether oxygens (including phenoxy) is 2. The predicted molar refractivity (Wildman–Crippen MR) is 116 cm³/mol. The van der Waals surface area contributed by atoms with E-state index >= 15 is 0 Å². The van der Waals surface area contributed by atoms with Gasteiger partial charge in [0.15, 0.2) is 5.58 Å². The molecule has 0 aliphatic carbocycles. The fourth-order valence-corrected chi connectivity index (χ4v) is 3.16. The zero-order chi connectivity index (χ0) is 21.8. The van der Waals surface area contributed by atoms with Crippen LogP contribution in [0.25, 0.3) is 22.6 Å². The van der Waals surface area contributed by atoms with Gasteiger partial charge in [-0.2, -0.15) is 0 Å². The third kappa shape index (κ3) is 4.66. The largest absolute Gasteiger partial charge is 0.494 e. The summed E-state index contributed by atoms with van der Waals surface area (Å²) in [5, 5.41) is 2.86. The Kier molecular flexibility index (Phi) is 5.84. The van der Waals surface area contributed by atoms with Crippen LogP contribution in [0.5, 0.6) is 11.5 Å². The van der Waals surface area contributed by atoms with Crippen molar-refractivity contribution in [2.75, 3.05) is 18.5 Å². The van der Waals surface area contributed by atoms with Crippen molar-refractivity contribution in [3.05, 3.63) is 72.0 Å². The van der Waals surface area contributed by atoms with Gasteiger partial charge in [-0.25, -0.2) is 9.37 Å². The van der Waals surface area contributed by atoms with E-state index < -0.39 is 0 Å². The molecule has 31 heavy (non-hydrogen) atoms. The van der Waals surface area contributed by atoms with Gasteiger partial charge < -0.3 is 19.2 Å². The normalized spacial score (nSPS) is 10.8. The Morgan fingerprint density at radius 1 is 1.00 bits per heavy atom. The number of carbonyl (C=O) groups is 1. The Labute approximate surface area is 178 Å². The van der Waals surface area contributed by atoms with Gasteiger partial charge in [0.25, 0.3) is 5.91 Å². The molecule has 0 fully saturated rings. The summed E-state index contributed by atoms with van der Waals surface area (Å²) in [4.78, 5) is 17.2. The molecule has 0 spiro atoms. The van der Waals surface area contributed by atoms with Gasteiger partial charge in [-0.15, -0.1) is 0 Å². The maximum atomic E-state index is 13.5. The van der Waals surface area contributed by atoms with E-state index in [0.717, 1.165) is 0 Å². The lowest BCUT2D eigenvalue weighted by Crippen LogP contribution is -2.12. The summed E-state index contributed by atoms with van der Waals surface area (Å²) in [5.74, 6) is 0.753. The number of hydrogen-bond donors (Lipinski definition) is 1. The average Bonchev–Trinajstić information content (AvgIpc) is 3.17. The van der Waals surface area contributed by atoms with Gasteiger partial charge in [0, 0.05) is 22.9 Å². The minimum Gasteiger partial charge on any atom is -0.494 e. The molecule has 7 heteroatoms. The molecule has 1 N–H and O–H groups in total. The molecule has 0 unspecified atom stereocenters. The number of nitrogens with zero attached hydrogens (tertiary/aromatic N) is 1. The Bertz CT molecular complexity index is 1210. The number of carbonyl (C=O) groups excluding carboxylic acids is 1.